The maximum absolute atomic E-state index is 12.5. The number of rotatable bonds is 7. The topological polar surface area (TPSA) is 72.8 Å². The largest absolute Gasteiger partial charge is 0.422 e. The number of para-hydroxylation sites is 2. The van der Waals surface area contributed by atoms with Crippen LogP contribution in [0.1, 0.15) is 17.9 Å². The van der Waals surface area contributed by atoms with Crippen LogP contribution < -0.4 is 9.47 Å². The van der Waals surface area contributed by atoms with E-state index in [4.69, 9.17) is 9.47 Å². The van der Waals surface area contributed by atoms with Gasteiger partial charge in [0.1, 0.15) is 0 Å². The molecule has 0 radical (unpaired) electrons. The van der Waals surface area contributed by atoms with Gasteiger partial charge in [-0.2, -0.15) is 0 Å². The molecule has 2 rings (SSSR count). The molecule has 2 aromatic rings. The predicted molar refractivity (Wildman–Crippen MR) is 88.8 cm³/mol. The van der Waals surface area contributed by atoms with Crippen LogP contribution in [-0.4, -0.2) is 23.7 Å². The molecule has 1 atom stereocenters. The molecule has 0 saturated carbocycles. The maximum atomic E-state index is 12.5. The summed E-state index contributed by atoms with van der Waals surface area (Å²) in [5.41, 5.74) is 0.747. The first-order chi connectivity index (χ1) is 11.7. The highest BCUT2D eigenvalue weighted by molar-refractivity contribution is 5.85. The van der Waals surface area contributed by atoms with Crippen molar-refractivity contribution >= 4 is 11.9 Å². The highest BCUT2D eigenvalue weighted by Crippen LogP contribution is 2.29. The second-order valence-corrected chi connectivity index (χ2v) is 4.97. The average molecular weight is 326 g/mol. The first kappa shape index (κ1) is 17.4. The summed E-state index contributed by atoms with van der Waals surface area (Å²) in [7, 11) is 0. The molecule has 0 aliphatic rings. The lowest BCUT2D eigenvalue weighted by Crippen LogP contribution is -2.20. The van der Waals surface area contributed by atoms with Gasteiger partial charge in [0.05, 0.1) is 5.92 Å². The van der Waals surface area contributed by atoms with E-state index in [0.29, 0.717) is 0 Å². The Hall–Kier alpha value is -2.92. The first-order valence-corrected chi connectivity index (χ1v) is 7.46. The zero-order valence-corrected chi connectivity index (χ0v) is 13.1. The Labute approximate surface area is 140 Å². The van der Waals surface area contributed by atoms with Crippen molar-refractivity contribution in [2.45, 2.75) is 12.3 Å². The van der Waals surface area contributed by atoms with Crippen molar-refractivity contribution in [3.8, 4) is 11.5 Å². The minimum Gasteiger partial charge on any atom is -0.422 e. The van der Waals surface area contributed by atoms with Crippen molar-refractivity contribution in [1.82, 2.24) is 0 Å². The minimum absolute atomic E-state index is 0.131. The van der Waals surface area contributed by atoms with E-state index in [-0.39, 0.29) is 24.5 Å². The molecule has 5 heteroatoms. The van der Waals surface area contributed by atoms with E-state index in [0.717, 1.165) is 11.6 Å². The molecule has 0 heterocycles. The lowest BCUT2D eigenvalue weighted by Gasteiger charge is -2.16. The average Bonchev–Trinajstić information content (AvgIpc) is 2.61. The van der Waals surface area contributed by atoms with Gasteiger partial charge in [-0.25, -0.2) is 4.79 Å². The van der Waals surface area contributed by atoms with Crippen LogP contribution in [0.25, 0.3) is 0 Å². The second-order valence-electron chi connectivity index (χ2n) is 4.97. The number of carbonyl (C=O) groups excluding carboxylic acids is 2. The van der Waals surface area contributed by atoms with Crippen molar-refractivity contribution in [1.29, 1.82) is 0 Å². The van der Waals surface area contributed by atoms with Crippen LogP contribution in [0.5, 0.6) is 11.5 Å². The van der Waals surface area contributed by atoms with Crippen LogP contribution in [0.3, 0.4) is 0 Å². The molecule has 0 fully saturated rings. The smallest absolute Gasteiger partial charge is 0.335 e. The monoisotopic (exact) mass is 326 g/mol. The Balaban J connectivity index is 2.21. The summed E-state index contributed by atoms with van der Waals surface area (Å²) in [5, 5.41) is 9.23. The summed E-state index contributed by atoms with van der Waals surface area (Å²) in [6.07, 6.45) is 1.26. The van der Waals surface area contributed by atoms with E-state index >= 15 is 0 Å². The fraction of sp³-hybridized carbons (Fsp3) is 0.158. The standard InChI is InChI=1S/C19H18O5/c1-2-18(21)23-16-10-6-7-11-17(16)24-19(22)15(12-13-20)14-8-4-3-5-9-14/h2-11,15,20H,1,12-13H2. The number of aliphatic hydroxyl groups is 1. The molecule has 124 valence electrons. The van der Waals surface area contributed by atoms with Crippen LogP contribution >= 0.6 is 0 Å². The molecule has 0 amide bonds. The SMILES string of the molecule is C=CC(=O)Oc1ccccc1OC(=O)C(CCO)c1ccccc1. The van der Waals surface area contributed by atoms with Crippen molar-refractivity contribution in [2.24, 2.45) is 0 Å². The third-order valence-electron chi connectivity index (χ3n) is 3.34. The van der Waals surface area contributed by atoms with E-state index in [9.17, 15) is 14.7 Å². The van der Waals surface area contributed by atoms with E-state index in [1.54, 1.807) is 24.3 Å². The number of hydrogen-bond acceptors (Lipinski definition) is 5. The van der Waals surface area contributed by atoms with Gasteiger partial charge in [0.15, 0.2) is 11.5 Å². The number of hydrogen-bond donors (Lipinski definition) is 1. The third kappa shape index (κ3) is 4.54. The molecule has 0 bridgehead atoms. The van der Waals surface area contributed by atoms with Gasteiger partial charge in [0.25, 0.3) is 0 Å². The van der Waals surface area contributed by atoms with Gasteiger partial charge < -0.3 is 14.6 Å². The van der Waals surface area contributed by atoms with E-state index in [2.05, 4.69) is 6.58 Å². The van der Waals surface area contributed by atoms with Gasteiger partial charge >= 0.3 is 11.9 Å². The lowest BCUT2D eigenvalue weighted by molar-refractivity contribution is -0.137. The Morgan fingerprint density at radius 3 is 2.17 bits per heavy atom. The molecule has 1 N–H and O–H groups in total. The van der Waals surface area contributed by atoms with Crippen molar-refractivity contribution in [2.75, 3.05) is 6.61 Å². The molecule has 0 aromatic heterocycles. The molecule has 1 unspecified atom stereocenters. The number of ether oxygens (including phenoxy) is 2. The molecule has 5 nitrogen and oxygen atoms in total. The molecule has 0 saturated heterocycles. The minimum atomic E-state index is -0.645. The third-order valence-corrected chi connectivity index (χ3v) is 3.34. The molecule has 2 aromatic carbocycles. The van der Waals surface area contributed by atoms with Gasteiger partial charge in [0, 0.05) is 12.7 Å². The second kappa shape index (κ2) is 8.64. The number of aliphatic hydroxyl groups excluding tert-OH is 1. The normalized spacial score (nSPS) is 11.4. The number of carbonyl (C=O) groups is 2. The van der Waals surface area contributed by atoms with Gasteiger partial charge in [0.2, 0.25) is 0 Å². The van der Waals surface area contributed by atoms with Crippen LogP contribution in [0.4, 0.5) is 0 Å². The van der Waals surface area contributed by atoms with Gasteiger partial charge in [-0.15, -0.1) is 0 Å². The summed E-state index contributed by atoms with van der Waals surface area (Å²) >= 11 is 0. The number of esters is 2. The zero-order chi connectivity index (χ0) is 17.4. The zero-order valence-electron chi connectivity index (χ0n) is 13.1. The van der Waals surface area contributed by atoms with Crippen LogP contribution in [0.2, 0.25) is 0 Å². The fourth-order valence-corrected chi connectivity index (χ4v) is 2.18. The molecule has 0 spiro atoms. The summed E-state index contributed by atoms with van der Waals surface area (Å²) in [6.45, 7) is 3.18. The molecular weight excluding hydrogens is 308 g/mol. The molecular formula is C19H18O5. The Morgan fingerprint density at radius 2 is 1.58 bits per heavy atom. The maximum Gasteiger partial charge on any atom is 0.335 e. The van der Waals surface area contributed by atoms with E-state index in [1.165, 1.54) is 12.1 Å². The summed E-state index contributed by atoms with van der Waals surface area (Å²) in [6, 6.07) is 15.4. The van der Waals surface area contributed by atoms with Crippen molar-refractivity contribution in [3.05, 3.63) is 72.8 Å². The summed E-state index contributed by atoms with van der Waals surface area (Å²) in [4.78, 5) is 23.9. The highest BCUT2D eigenvalue weighted by Gasteiger charge is 2.23. The fourth-order valence-electron chi connectivity index (χ4n) is 2.18. The molecule has 0 aliphatic carbocycles. The highest BCUT2D eigenvalue weighted by atomic mass is 16.6. The molecule has 24 heavy (non-hydrogen) atoms. The molecule has 0 aliphatic heterocycles. The van der Waals surface area contributed by atoms with Crippen LogP contribution in [0.15, 0.2) is 67.3 Å². The van der Waals surface area contributed by atoms with Crippen LogP contribution in [0, 0.1) is 0 Å². The summed E-state index contributed by atoms with van der Waals surface area (Å²) < 4.78 is 10.5. The van der Waals surface area contributed by atoms with Gasteiger partial charge in [-0.05, 0) is 24.1 Å². The Bertz CT molecular complexity index is 709. The summed E-state index contributed by atoms with van der Waals surface area (Å²) in [5.74, 6) is -1.52. The Morgan fingerprint density at radius 1 is 1.00 bits per heavy atom. The van der Waals surface area contributed by atoms with Gasteiger partial charge in [-0.1, -0.05) is 49.0 Å². The van der Waals surface area contributed by atoms with Crippen molar-refractivity contribution in [3.63, 3.8) is 0 Å². The van der Waals surface area contributed by atoms with E-state index in [1.807, 2.05) is 18.2 Å². The Kier molecular flexibility index (Phi) is 6.28. The first-order valence-electron chi connectivity index (χ1n) is 7.46. The van der Waals surface area contributed by atoms with Gasteiger partial charge in [-0.3, -0.25) is 4.79 Å². The lowest BCUT2D eigenvalue weighted by atomic mass is 9.96. The predicted octanol–water partition coefficient (Wildman–Crippen LogP) is 2.85. The quantitative estimate of drug-likeness (QED) is 0.481. The van der Waals surface area contributed by atoms with Crippen LogP contribution in [-0.2, 0) is 9.59 Å². The van der Waals surface area contributed by atoms with Crippen molar-refractivity contribution < 1.29 is 24.2 Å². The van der Waals surface area contributed by atoms with E-state index < -0.39 is 17.9 Å². The number of benzene rings is 2.